The van der Waals surface area contributed by atoms with E-state index in [1.165, 1.54) is 5.56 Å². The van der Waals surface area contributed by atoms with Crippen LogP contribution in [-0.2, 0) is 15.9 Å². The second-order valence-electron chi connectivity index (χ2n) is 5.65. The highest BCUT2D eigenvalue weighted by Crippen LogP contribution is 2.30. The molecule has 2 rings (SSSR count). The van der Waals surface area contributed by atoms with Crippen LogP contribution in [0.15, 0.2) is 30.3 Å². The van der Waals surface area contributed by atoms with Crippen molar-refractivity contribution in [3.63, 3.8) is 0 Å². The minimum Gasteiger partial charge on any atom is -0.396 e. The van der Waals surface area contributed by atoms with Gasteiger partial charge in [0.1, 0.15) is 0 Å². The Morgan fingerprint density at radius 3 is 2.37 bits per heavy atom. The number of aryl methyl sites for hydroxylation is 1. The third-order valence-electron chi connectivity index (χ3n) is 3.48. The normalized spacial score (nSPS) is 26.3. The quantitative estimate of drug-likeness (QED) is 0.888. The van der Waals surface area contributed by atoms with Crippen LogP contribution in [0.2, 0.25) is 0 Å². The highest BCUT2D eigenvalue weighted by molar-refractivity contribution is 5.14. The van der Waals surface area contributed by atoms with Crippen molar-refractivity contribution in [2.24, 2.45) is 0 Å². The summed E-state index contributed by atoms with van der Waals surface area (Å²) >= 11 is 0. The zero-order chi connectivity index (χ0) is 13.7. The summed E-state index contributed by atoms with van der Waals surface area (Å²) < 4.78 is 11.8. The Morgan fingerprint density at radius 2 is 1.74 bits per heavy atom. The summed E-state index contributed by atoms with van der Waals surface area (Å²) in [7, 11) is 0. The molecule has 1 aliphatic rings. The lowest BCUT2D eigenvalue weighted by Crippen LogP contribution is -2.45. The molecule has 0 amide bonds. The van der Waals surface area contributed by atoms with Crippen molar-refractivity contribution in [3.05, 3.63) is 35.9 Å². The van der Waals surface area contributed by atoms with Crippen molar-refractivity contribution in [1.82, 2.24) is 0 Å². The number of rotatable bonds is 5. The maximum Gasteiger partial charge on any atom is 0.163 e. The van der Waals surface area contributed by atoms with E-state index in [2.05, 4.69) is 24.3 Å². The molecule has 1 saturated heterocycles. The SMILES string of the molecule is CC1(C)O[C@H](CCc2ccccc2)C[C@H](CCO)O1. The van der Waals surface area contributed by atoms with Crippen molar-refractivity contribution in [3.8, 4) is 0 Å². The van der Waals surface area contributed by atoms with E-state index in [1.54, 1.807) is 0 Å². The fraction of sp³-hybridized carbons (Fsp3) is 0.625. The molecule has 1 heterocycles. The predicted molar refractivity (Wildman–Crippen MR) is 74.9 cm³/mol. The molecule has 1 fully saturated rings. The van der Waals surface area contributed by atoms with E-state index in [-0.39, 0.29) is 18.8 Å². The molecule has 0 spiro atoms. The lowest BCUT2D eigenvalue weighted by molar-refractivity contribution is -0.301. The van der Waals surface area contributed by atoms with Crippen molar-refractivity contribution in [2.45, 2.75) is 57.5 Å². The van der Waals surface area contributed by atoms with E-state index in [0.29, 0.717) is 6.42 Å². The Morgan fingerprint density at radius 1 is 1.11 bits per heavy atom. The van der Waals surface area contributed by atoms with Gasteiger partial charge in [0, 0.05) is 13.0 Å². The zero-order valence-electron chi connectivity index (χ0n) is 11.8. The summed E-state index contributed by atoms with van der Waals surface area (Å²) in [5.74, 6) is -0.542. The van der Waals surface area contributed by atoms with Gasteiger partial charge < -0.3 is 14.6 Å². The average Bonchev–Trinajstić information content (AvgIpc) is 2.36. The van der Waals surface area contributed by atoms with Crippen LogP contribution in [0.25, 0.3) is 0 Å². The van der Waals surface area contributed by atoms with Crippen LogP contribution in [0.3, 0.4) is 0 Å². The molecule has 19 heavy (non-hydrogen) atoms. The van der Waals surface area contributed by atoms with E-state index in [1.807, 2.05) is 19.9 Å². The predicted octanol–water partition coefficient (Wildman–Crippen LogP) is 2.91. The molecule has 0 saturated carbocycles. The van der Waals surface area contributed by atoms with Crippen LogP contribution in [0.1, 0.15) is 38.7 Å². The first-order valence-corrected chi connectivity index (χ1v) is 7.09. The summed E-state index contributed by atoms with van der Waals surface area (Å²) in [5, 5.41) is 9.06. The third-order valence-corrected chi connectivity index (χ3v) is 3.48. The van der Waals surface area contributed by atoms with Gasteiger partial charge in [0.25, 0.3) is 0 Å². The maximum atomic E-state index is 9.06. The molecule has 0 unspecified atom stereocenters. The fourth-order valence-corrected chi connectivity index (χ4v) is 2.69. The number of aliphatic hydroxyl groups excluding tert-OH is 1. The van der Waals surface area contributed by atoms with Crippen LogP contribution in [0, 0.1) is 0 Å². The molecule has 0 bridgehead atoms. The van der Waals surface area contributed by atoms with Gasteiger partial charge in [-0.1, -0.05) is 30.3 Å². The van der Waals surface area contributed by atoms with Gasteiger partial charge in [-0.25, -0.2) is 0 Å². The lowest BCUT2D eigenvalue weighted by atomic mass is 9.99. The smallest absolute Gasteiger partial charge is 0.163 e. The molecule has 1 N–H and O–H groups in total. The largest absolute Gasteiger partial charge is 0.396 e. The summed E-state index contributed by atoms with van der Waals surface area (Å²) in [5.41, 5.74) is 1.34. The molecule has 1 aliphatic heterocycles. The van der Waals surface area contributed by atoms with Gasteiger partial charge in [0.15, 0.2) is 5.79 Å². The molecule has 3 nitrogen and oxygen atoms in total. The van der Waals surface area contributed by atoms with Crippen molar-refractivity contribution >= 4 is 0 Å². The Labute approximate surface area is 115 Å². The van der Waals surface area contributed by atoms with E-state index >= 15 is 0 Å². The number of aliphatic hydroxyl groups is 1. The van der Waals surface area contributed by atoms with E-state index in [4.69, 9.17) is 14.6 Å². The Bertz CT molecular complexity index is 375. The molecule has 1 aromatic rings. The summed E-state index contributed by atoms with van der Waals surface area (Å²) in [6.07, 6.45) is 3.90. The van der Waals surface area contributed by atoms with Crippen molar-refractivity contribution in [2.75, 3.05) is 6.61 Å². The Hall–Kier alpha value is -0.900. The molecular formula is C16H24O3. The zero-order valence-corrected chi connectivity index (χ0v) is 11.8. The molecule has 3 heteroatoms. The summed E-state index contributed by atoms with van der Waals surface area (Å²) in [6, 6.07) is 10.5. The topological polar surface area (TPSA) is 38.7 Å². The van der Waals surface area contributed by atoms with Crippen LogP contribution in [0.4, 0.5) is 0 Å². The Kier molecular flexibility index (Phi) is 4.97. The maximum absolute atomic E-state index is 9.06. The second-order valence-corrected chi connectivity index (χ2v) is 5.65. The number of benzene rings is 1. The monoisotopic (exact) mass is 264 g/mol. The van der Waals surface area contributed by atoms with Crippen LogP contribution >= 0.6 is 0 Å². The molecule has 0 radical (unpaired) electrons. The summed E-state index contributed by atoms with van der Waals surface area (Å²) in [4.78, 5) is 0. The number of hydrogen-bond acceptors (Lipinski definition) is 3. The second kappa shape index (κ2) is 6.51. The van der Waals surface area contributed by atoms with Crippen molar-refractivity contribution < 1.29 is 14.6 Å². The van der Waals surface area contributed by atoms with Gasteiger partial charge in [-0.15, -0.1) is 0 Å². The van der Waals surface area contributed by atoms with Crippen LogP contribution in [0.5, 0.6) is 0 Å². The standard InChI is InChI=1S/C16H24O3/c1-16(2)18-14(12-15(19-16)10-11-17)9-8-13-6-4-3-5-7-13/h3-7,14-15,17H,8-12H2,1-2H3/t14-,15+/m1/s1. The van der Waals surface area contributed by atoms with Gasteiger partial charge in [0.2, 0.25) is 0 Å². The van der Waals surface area contributed by atoms with Gasteiger partial charge in [0.05, 0.1) is 12.2 Å². The first-order chi connectivity index (χ1) is 9.09. The van der Waals surface area contributed by atoms with E-state index in [9.17, 15) is 0 Å². The summed E-state index contributed by atoms with van der Waals surface area (Å²) in [6.45, 7) is 4.07. The number of hydrogen-bond donors (Lipinski definition) is 1. The van der Waals surface area contributed by atoms with Crippen molar-refractivity contribution in [1.29, 1.82) is 0 Å². The first kappa shape index (κ1) is 14.5. The minimum atomic E-state index is -0.542. The van der Waals surface area contributed by atoms with E-state index in [0.717, 1.165) is 19.3 Å². The van der Waals surface area contributed by atoms with E-state index < -0.39 is 5.79 Å². The highest BCUT2D eigenvalue weighted by Gasteiger charge is 2.34. The fourth-order valence-electron chi connectivity index (χ4n) is 2.69. The van der Waals surface area contributed by atoms with Crippen LogP contribution < -0.4 is 0 Å². The lowest BCUT2D eigenvalue weighted by Gasteiger charge is -2.41. The first-order valence-electron chi connectivity index (χ1n) is 7.09. The minimum absolute atomic E-state index is 0.106. The van der Waals surface area contributed by atoms with Gasteiger partial charge >= 0.3 is 0 Å². The molecule has 2 atom stereocenters. The molecule has 0 aliphatic carbocycles. The molecule has 0 aromatic heterocycles. The van der Waals surface area contributed by atoms with Gasteiger partial charge in [-0.2, -0.15) is 0 Å². The third kappa shape index (κ3) is 4.60. The van der Waals surface area contributed by atoms with Gasteiger partial charge in [-0.05, 0) is 38.7 Å². The highest BCUT2D eigenvalue weighted by atomic mass is 16.7. The average molecular weight is 264 g/mol. The Balaban J connectivity index is 1.88. The molecular weight excluding hydrogens is 240 g/mol. The molecule has 106 valence electrons. The van der Waals surface area contributed by atoms with Gasteiger partial charge in [-0.3, -0.25) is 0 Å². The molecule has 1 aromatic carbocycles. The number of ether oxygens (including phenoxy) is 2. The van der Waals surface area contributed by atoms with Crippen LogP contribution in [-0.4, -0.2) is 29.7 Å².